The minimum atomic E-state index is -0.216. The smallest absolute Gasteiger partial charge is 0.244 e. The number of para-hydroxylation sites is 2. The van der Waals surface area contributed by atoms with Crippen molar-refractivity contribution in [2.45, 2.75) is 45.1 Å². The molecule has 0 spiro atoms. The Hall–Kier alpha value is -2.08. The Kier molecular flexibility index (Phi) is 7.25. The Labute approximate surface area is 149 Å². The quantitative estimate of drug-likeness (QED) is 0.793. The number of ether oxygens (including phenoxy) is 1. The molecule has 2 amide bonds. The molecule has 0 saturated heterocycles. The Morgan fingerprint density at radius 3 is 2.76 bits per heavy atom. The zero-order valence-corrected chi connectivity index (χ0v) is 15.2. The van der Waals surface area contributed by atoms with Crippen LogP contribution in [0.15, 0.2) is 24.3 Å². The van der Waals surface area contributed by atoms with Gasteiger partial charge < -0.3 is 20.7 Å². The highest BCUT2D eigenvalue weighted by molar-refractivity contribution is 5.96. The van der Waals surface area contributed by atoms with E-state index >= 15 is 0 Å². The van der Waals surface area contributed by atoms with Gasteiger partial charge in [-0.1, -0.05) is 25.5 Å². The molecule has 1 aliphatic rings. The topological polar surface area (TPSA) is 84.7 Å². The first kappa shape index (κ1) is 19.2. The first-order valence-corrected chi connectivity index (χ1v) is 9.02. The van der Waals surface area contributed by atoms with Gasteiger partial charge in [0.2, 0.25) is 11.8 Å². The average Bonchev–Trinajstić information content (AvgIpc) is 2.61. The number of methoxy groups -OCH3 is 1. The van der Waals surface area contributed by atoms with Crippen LogP contribution >= 0.6 is 0 Å². The van der Waals surface area contributed by atoms with Crippen molar-refractivity contribution >= 4 is 17.5 Å². The molecule has 1 aromatic rings. The third-order valence-corrected chi connectivity index (χ3v) is 4.58. The van der Waals surface area contributed by atoms with Gasteiger partial charge in [0, 0.05) is 18.5 Å². The molecule has 0 bridgehead atoms. The molecule has 1 saturated carbocycles. The van der Waals surface area contributed by atoms with Crippen LogP contribution in [0.25, 0.3) is 0 Å². The molecule has 3 N–H and O–H groups in total. The van der Waals surface area contributed by atoms with Gasteiger partial charge in [0.1, 0.15) is 5.75 Å². The summed E-state index contributed by atoms with van der Waals surface area (Å²) in [5.74, 6) is 0.371. The third-order valence-electron chi connectivity index (χ3n) is 4.58. The Bertz CT molecular complexity index is 591. The highest BCUT2D eigenvalue weighted by Gasteiger charge is 2.29. The molecule has 0 aliphatic heterocycles. The largest absolute Gasteiger partial charge is 0.495 e. The van der Waals surface area contributed by atoms with Gasteiger partial charge in [-0.25, -0.2) is 0 Å². The summed E-state index contributed by atoms with van der Waals surface area (Å²) in [7, 11) is 1.56. The minimum absolute atomic E-state index is 0.0483. The molecule has 0 heterocycles. The summed E-state index contributed by atoms with van der Waals surface area (Å²) in [5.41, 5.74) is 6.62. The normalized spacial score (nSPS) is 20.0. The highest BCUT2D eigenvalue weighted by atomic mass is 16.5. The molecule has 138 valence electrons. The van der Waals surface area contributed by atoms with Gasteiger partial charge in [0.15, 0.2) is 0 Å². The van der Waals surface area contributed by atoms with E-state index in [0.717, 1.165) is 25.7 Å². The second-order valence-electron chi connectivity index (χ2n) is 6.63. The number of nitrogens with one attached hydrogen (secondary N) is 1. The predicted molar refractivity (Wildman–Crippen MR) is 98.4 cm³/mol. The van der Waals surface area contributed by atoms with Gasteiger partial charge >= 0.3 is 0 Å². The first-order chi connectivity index (χ1) is 12.0. The van der Waals surface area contributed by atoms with E-state index in [-0.39, 0.29) is 30.3 Å². The minimum Gasteiger partial charge on any atom is -0.495 e. The van der Waals surface area contributed by atoms with Gasteiger partial charge in [0.05, 0.1) is 19.3 Å². The fourth-order valence-electron chi connectivity index (χ4n) is 3.36. The summed E-state index contributed by atoms with van der Waals surface area (Å²) in [6.07, 6.45) is 4.34. The zero-order chi connectivity index (χ0) is 18.2. The van der Waals surface area contributed by atoms with Crippen molar-refractivity contribution in [3.05, 3.63) is 24.3 Å². The second-order valence-corrected chi connectivity index (χ2v) is 6.63. The number of carbonyl (C=O) groups excluding carboxylic acids is 2. The van der Waals surface area contributed by atoms with Gasteiger partial charge in [-0.15, -0.1) is 0 Å². The molecular weight excluding hydrogens is 318 g/mol. The van der Waals surface area contributed by atoms with E-state index in [1.54, 1.807) is 24.1 Å². The van der Waals surface area contributed by atoms with Crippen molar-refractivity contribution in [3.63, 3.8) is 0 Å². The summed E-state index contributed by atoms with van der Waals surface area (Å²) in [6.45, 7) is 2.63. The molecule has 1 aromatic carbocycles. The molecular formula is C19H29N3O3. The number of amides is 2. The zero-order valence-electron chi connectivity index (χ0n) is 15.2. The van der Waals surface area contributed by atoms with E-state index in [2.05, 4.69) is 5.32 Å². The number of hydrogen-bond acceptors (Lipinski definition) is 4. The van der Waals surface area contributed by atoms with Crippen molar-refractivity contribution in [1.29, 1.82) is 0 Å². The first-order valence-electron chi connectivity index (χ1n) is 9.02. The lowest BCUT2D eigenvalue weighted by Crippen LogP contribution is -2.44. The molecule has 2 atom stereocenters. The lowest BCUT2D eigenvalue weighted by molar-refractivity contribution is -0.139. The van der Waals surface area contributed by atoms with Crippen molar-refractivity contribution in [2.75, 3.05) is 25.5 Å². The molecule has 6 nitrogen and oxygen atoms in total. The fourth-order valence-corrected chi connectivity index (χ4v) is 3.36. The molecule has 2 rings (SSSR count). The van der Waals surface area contributed by atoms with Crippen LogP contribution in [0.1, 0.15) is 39.0 Å². The number of hydrogen-bond donors (Lipinski definition) is 2. The fraction of sp³-hybridized carbons (Fsp3) is 0.579. The summed E-state index contributed by atoms with van der Waals surface area (Å²) < 4.78 is 5.24. The Morgan fingerprint density at radius 1 is 1.32 bits per heavy atom. The Balaban J connectivity index is 2.00. The van der Waals surface area contributed by atoms with Crippen molar-refractivity contribution in [2.24, 2.45) is 11.7 Å². The monoisotopic (exact) mass is 347 g/mol. The summed E-state index contributed by atoms with van der Waals surface area (Å²) >= 11 is 0. The van der Waals surface area contributed by atoms with Crippen LogP contribution in [0.5, 0.6) is 5.75 Å². The molecule has 2 unspecified atom stereocenters. The number of nitrogens with zero attached hydrogens (tertiary/aromatic N) is 1. The Morgan fingerprint density at radius 2 is 2.08 bits per heavy atom. The van der Waals surface area contributed by atoms with Crippen LogP contribution in [-0.2, 0) is 9.59 Å². The van der Waals surface area contributed by atoms with Gasteiger partial charge in [0.25, 0.3) is 0 Å². The summed E-state index contributed by atoms with van der Waals surface area (Å²) in [5, 5.41) is 2.83. The molecule has 0 radical (unpaired) electrons. The highest BCUT2D eigenvalue weighted by Crippen LogP contribution is 2.26. The van der Waals surface area contributed by atoms with E-state index in [0.29, 0.717) is 24.4 Å². The maximum atomic E-state index is 12.8. The van der Waals surface area contributed by atoms with Gasteiger partial charge in [-0.2, -0.15) is 0 Å². The molecule has 1 fully saturated rings. The van der Waals surface area contributed by atoms with Crippen molar-refractivity contribution in [3.8, 4) is 5.75 Å². The van der Waals surface area contributed by atoms with Crippen molar-refractivity contribution < 1.29 is 14.3 Å². The van der Waals surface area contributed by atoms with Crippen LogP contribution in [0.3, 0.4) is 0 Å². The number of benzene rings is 1. The van der Waals surface area contributed by atoms with E-state index in [9.17, 15) is 9.59 Å². The van der Waals surface area contributed by atoms with Crippen LogP contribution in [-0.4, -0.2) is 43.0 Å². The van der Waals surface area contributed by atoms with E-state index in [4.69, 9.17) is 10.5 Å². The van der Waals surface area contributed by atoms with Crippen LogP contribution < -0.4 is 15.8 Å². The standard InChI is InChI=1S/C19H29N3O3/c1-3-11-22(19(24)14-7-6-8-15(20)12-14)13-18(23)21-16-9-4-5-10-17(16)25-2/h4-5,9-10,14-15H,3,6-8,11-13,20H2,1-2H3,(H,21,23). The average molecular weight is 347 g/mol. The summed E-state index contributed by atoms with van der Waals surface area (Å²) in [4.78, 5) is 26.9. The molecule has 0 aromatic heterocycles. The molecule has 1 aliphatic carbocycles. The van der Waals surface area contributed by atoms with E-state index in [1.807, 2.05) is 19.1 Å². The van der Waals surface area contributed by atoms with Crippen LogP contribution in [0.2, 0.25) is 0 Å². The molecule has 6 heteroatoms. The predicted octanol–water partition coefficient (Wildman–Crippen LogP) is 2.39. The number of anilines is 1. The maximum Gasteiger partial charge on any atom is 0.244 e. The van der Waals surface area contributed by atoms with Crippen LogP contribution in [0, 0.1) is 5.92 Å². The van der Waals surface area contributed by atoms with Gasteiger partial charge in [-0.3, -0.25) is 9.59 Å². The maximum absolute atomic E-state index is 12.8. The van der Waals surface area contributed by atoms with Gasteiger partial charge in [-0.05, 0) is 37.8 Å². The lowest BCUT2D eigenvalue weighted by Gasteiger charge is -2.31. The number of nitrogens with two attached hydrogens (primary N) is 1. The van der Waals surface area contributed by atoms with Crippen molar-refractivity contribution in [1.82, 2.24) is 4.90 Å². The number of carbonyl (C=O) groups is 2. The number of rotatable bonds is 7. The van der Waals surface area contributed by atoms with E-state index < -0.39 is 0 Å². The van der Waals surface area contributed by atoms with E-state index in [1.165, 1.54) is 0 Å². The third kappa shape index (κ3) is 5.46. The second kappa shape index (κ2) is 9.42. The summed E-state index contributed by atoms with van der Waals surface area (Å²) in [6, 6.07) is 7.33. The lowest BCUT2D eigenvalue weighted by atomic mass is 9.85. The van der Waals surface area contributed by atoms with Crippen LogP contribution in [0.4, 0.5) is 5.69 Å². The SMILES string of the molecule is CCCN(CC(=O)Nc1ccccc1OC)C(=O)C1CCCC(N)C1. The molecule has 25 heavy (non-hydrogen) atoms.